The zero-order valence-electron chi connectivity index (χ0n) is 10.3. The molecule has 4 nitrogen and oxygen atoms in total. The molecule has 0 radical (unpaired) electrons. The van der Waals surface area contributed by atoms with Gasteiger partial charge in [-0.15, -0.1) is 0 Å². The van der Waals surface area contributed by atoms with Crippen molar-refractivity contribution in [3.8, 4) is 6.07 Å². The van der Waals surface area contributed by atoms with Crippen molar-refractivity contribution in [2.75, 3.05) is 0 Å². The van der Waals surface area contributed by atoms with Gasteiger partial charge in [-0.2, -0.15) is 5.26 Å². The molecule has 0 bridgehead atoms. The molecule has 0 heterocycles. The van der Waals surface area contributed by atoms with Crippen molar-refractivity contribution in [3.05, 3.63) is 75.6 Å². The number of allylic oxidation sites excluding steroid dienone is 1. The summed E-state index contributed by atoms with van der Waals surface area (Å²) in [6.07, 6.45) is 1.42. The van der Waals surface area contributed by atoms with Gasteiger partial charge in [0.2, 0.25) is 0 Å². The summed E-state index contributed by atoms with van der Waals surface area (Å²) < 4.78 is 12.9. The van der Waals surface area contributed by atoms with Crippen LogP contribution in [0.3, 0.4) is 0 Å². The zero-order valence-corrected chi connectivity index (χ0v) is 10.3. The molecule has 2 aromatic rings. The minimum atomic E-state index is -0.508. The molecule has 0 saturated heterocycles. The fraction of sp³-hybridized carbons (Fsp3) is 0. The van der Waals surface area contributed by atoms with Crippen LogP contribution in [0.1, 0.15) is 11.1 Å². The fourth-order valence-corrected chi connectivity index (χ4v) is 1.74. The highest BCUT2D eigenvalue weighted by molar-refractivity contribution is 5.91. The third kappa shape index (κ3) is 2.87. The molecule has 0 spiro atoms. The van der Waals surface area contributed by atoms with Crippen molar-refractivity contribution in [2.24, 2.45) is 0 Å². The van der Waals surface area contributed by atoms with Gasteiger partial charge >= 0.3 is 0 Å². The highest BCUT2D eigenvalue weighted by Gasteiger charge is 2.11. The highest BCUT2D eigenvalue weighted by atomic mass is 19.1. The first kappa shape index (κ1) is 13.4. The second-order valence-corrected chi connectivity index (χ2v) is 3.99. The van der Waals surface area contributed by atoms with Gasteiger partial charge in [0.05, 0.1) is 22.1 Å². The molecule has 5 heteroatoms. The van der Waals surface area contributed by atoms with Crippen LogP contribution in [0.25, 0.3) is 11.6 Å². The van der Waals surface area contributed by atoms with Gasteiger partial charge in [0, 0.05) is 6.07 Å². The zero-order chi connectivity index (χ0) is 14.5. The van der Waals surface area contributed by atoms with E-state index < -0.39 is 10.7 Å². The molecule has 98 valence electrons. The Labute approximate surface area is 114 Å². The van der Waals surface area contributed by atoms with Crippen LogP contribution in [0.15, 0.2) is 48.5 Å². The smallest absolute Gasteiger partial charge is 0.258 e. The molecule has 0 saturated carbocycles. The largest absolute Gasteiger partial charge is 0.276 e. The predicted molar refractivity (Wildman–Crippen MR) is 73.0 cm³/mol. The Morgan fingerprint density at radius 3 is 2.45 bits per heavy atom. The molecular weight excluding hydrogens is 259 g/mol. The van der Waals surface area contributed by atoms with Crippen molar-refractivity contribution < 1.29 is 9.31 Å². The van der Waals surface area contributed by atoms with E-state index in [-0.39, 0.29) is 11.3 Å². The van der Waals surface area contributed by atoms with Gasteiger partial charge in [-0.3, -0.25) is 10.1 Å². The number of hydrogen-bond donors (Lipinski definition) is 0. The van der Waals surface area contributed by atoms with E-state index >= 15 is 0 Å². The highest BCUT2D eigenvalue weighted by Crippen LogP contribution is 2.24. The molecule has 2 rings (SSSR count). The average molecular weight is 268 g/mol. The number of rotatable bonds is 3. The second-order valence-electron chi connectivity index (χ2n) is 3.99. The summed E-state index contributed by atoms with van der Waals surface area (Å²) in [4.78, 5) is 10.4. The lowest BCUT2D eigenvalue weighted by molar-refractivity contribution is -0.385. The van der Waals surface area contributed by atoms with E-state index in [4.69, 9.17) is 5.26 Å². The first-order valence-corrected chi connectivity index (χ1v) is 5.73. The van der Waals surface area contributed by atoms with Gasteiger partial charge in [-0.05, 0) is 29.8 Å². The number of nitriles is 1. The molecule has 0 amide bonds. The maximum atomic E-state index is 12.9. The van der Waals surface area contributed by atoms with Crippen LogP contribution < -0.4 is 0 Å². The number of para-hydroxylation sites is 1. The monoisotopic (exact) mass is 268 g/mol. The Bertz CT molecular complexity index is 715. The molecular formula is C15H9FN2O2. The second kappa shape index (κ2) is 5.76. The molecule has 2 aromatic carbocycles. The van der Waals surface area contributed by atoms with Gasteiger partial charge in [0.15, 0.2) is 0 Å². The Morgan fingerprint density at radius 1 is 1.20 bits per heavy atom. The van der Waals surface area contributed by atoms with E-state index in [9.17, 15) is 14.5 Å². The average Bonchev–Trinajstić information content (AvgIpc) is 2.46. The molecule has 0 fully saturated rings. The van der Waals surface area contributed by atoms with Crippen molar-refractivity contribution >= 4 is 17.3 Å². The maximum absolute atomic E-state index is 12.9. The third-order valence-electron chi connectivity index (χ3n) is 2.71. The maximum Gasteiger partial charge on any atom is 0.276 e. The number of halogens is 1. The summed E-state index contributed by atoms with van der Waals surface area (Å²) in [5, 5.41) is 20.1. The Balaban J connectivity index is 2.50. The molecule has 0 unspecified atom stereocenters. The van der Waals surface area contributed by atoms with E-state index in [1.807, 2.05) is 6.07 Å². The van der Waals surface area contributed by atoms with E-state index in [0.29, 0.717) is 11.1 Å². The molecule has 0 aromatic heterocycles. The summed E-state index contributed by atoms with van der Waals surface area (Å²) >= 11 is 0. The summed E-state index contributed by atoms with van der Waals surface area (Å²) in [7, 11) is 0. The van der Waals surface area contributed by atoms with Crippen LogP contribution in [-0.2, 0) is 0 Å². The predicted octanol–water partition coefficient (Wildman–Crippen LogP) is 3.80. The minimum absolute atomic E-state index is 0.0811. The molecule has 20 heavy (non-hydrogen) atoms. The number of nitro benzene ring substituents is 1. The summed E-state index contributed by atoms with van der Waals surface area (Å²) in [6, 6.07) is 13.5. The first-order chi connectivity index (χ1) is 9.61. The lowest BCUT2D eigenvalue weighted by Crippen LogP contribution is -1.91. The van der Waals surface area contributed by atoms with Gasteiger partial charge in [-0.25, -0.2) is 4.39 Å². The SMILES string of the molecule is N#C/C(=C/c1ccccc1[N+](=O)[O-])c1ccc(F)cc1. The first-order valence-electron chi connectivity index (χ1n) is 5.73. The van der Waals surface area contributed by atoms with E-state index in [0.717, 1.165) is 0 Å². The standard InChI is InChI=1S/C15H9FN2O2/c16-14-7-5-11(6-8-14)13(10-17)9-12-3-1-2-4-15(12)18(19)20/h1-9H/b13-9-. The number of nitro groups is 1. The summed E-state index contributed by atoms with van der Waals surface area (Å²) in [5.74, 6) is -0.406. The van der Waals surface area contributed by atoms with Crippen molar-refractivity contribution in [1.82, 2.24) is 0 Å². The molecule has 0 aliphatic heterocycles. The molecule has 0 atom stereocenters. The van der Waals surface area contributed by atoms with Crippen LogP contribution in [0.4, 0.5) is 10.1 Å². The Hall–Kier alpha value is -3.00. The van der Waals surface area contributed by atoms with Crippen LogP contribution in [0.2, 0.25) is 0 Å². The van der Waals surface area contributed by atoms with Gasteiger partial charge < -0.3 is 0 Å². The molecule has 0 aliphatic rings. The van der Waals surface area contributed by atoms with Gasteiger partial charge in [0.1, 0.15) is 5.82 Å². The Morgan fingerprint density at radius 2 is 1.85 bits per heavy atom. The van der Waals surface area contributed by atoms with Crippen LogP contribution in [0, 0.1) is 27.3 Å². The van der Waals surface area contributed by atoms with Gasteiger partial charge in [-0.1, -0.05) is 24.3 Å². The van der Waals surface area contributed by atoms with E-state index in [1.54, 1.807) is 18.2 Å². The summed E-state index contributed by atoms with van der Waals surface area (Å²) in [6.45, 7) is 0. The van der Waals surface area contributed by atoms with Crippen LogP contribution >= 0.6 is 0 Å². The van der Waals surface area contributed by atoms with Crippen molar-refractivity contribution in [3.63, 3.8) is 0 Å². The van der Waals surface area contributed by atoms with Crippen LogP contribution in [0.5, 0.6) is 0 Å². The number of nitrogens with zero attached hydrogens (tertiary/aromatic N) is 2. The van der Waals surface area contributed by atoms with E-state index in [2.05, 4.69) is 0 Å². The van der Waals surface area contributed by atoms with Crippen molar-refractivity contribution in [2.45, 2.75) is 0 Å². The van der Waals surface area contributed by atoms with Crippen LogP contribution in [-0.4, -0.2) is 4.92 Å². The fourth-order valence-electron chi connectivity index (χ4n) is 1.74. The minimum Gasteiger partial charge on any atom is -0.258 e. The van der Waals surface area contributed by atoms with Gasteiger partial charge in [0.25, 0.3) is 5.69 Å². The molecule has 0 N–H and O–H groups in total. The lowest BCUT2D eigenvalue weighted by Gasteiger charge is -2.01. The number of benzene rings is 2. The lowest BCUT2D eigenvalue weighted by atomic mass is 10.0. The van der Waals surface area contributed by atoms with Crippen molar-refractivity contribution in [1.29, 1.82) is 5.26 Å². The topological polar surface area (TPSA) is 66.9 Å². The number of hydrogen-bond acceptors (Lipinski definition) is 3. The Kier molecular flexibility index (Phi) is 3.87. The third-order valence-corrected chi connectivity index (χ3v) is 2.71. The summed E-state index contributed by atoms with van der Waals surface area (Å²) in [5.41, 5.74) is 0.993. The normalized spacial score (nSPS) is 10.9. The molecule has 0 aliphatic carbocycles. The quantitative estimate of drug-likeness (QED) is 0.368. The van der Waals surface area contributed by atoms with E-state index in [1.165, 1.54) is 36.4 Å².